The van der Waals surface area contributed by atoms with E-state index in [4.69, 9.17) is 9.47 Å². The van der Waals surface area contributed by atoms with Gasteiger partial charge in [-0.25, -0.2) is 4.79 Å². The van der Waals surface area contributed by atoms with Crippen molar-refractivity contribution in [3.8, 4) is 0 Å². The lowest BCUT2D eigenvalue weighted by atomic mass is 10.1. The highest BCUT2D eigenvalue weighted by Gasteiger charge is 2.03. The topological polar surface area (TPSA) is 35.5 Å². The second-order valence-corrected chi connectivity index (χ2v) is 7.71. The van der Waals surface area contributed by atoms with Crippen molar-refractivity contribution in [3.63, 3.8) is 0 Å². The van der Waals surface area contributed by atoms with Gasteiger partial charge in [0.2, 0.25) is 0 Å². The van der Waals surface area contributed by atoms with Gasteiger partial charge >= 0.3 is 6.16 Å². The Labute approximate surface area is 162 Å². The van der Waals surface area contributed by atoms with Gasteiger partial charge < -0.3 is 9.47 Å². The van der Waals surface area contributed by atoms with Gasteiger partial charge in [0.25, 0.3) is 0 Å². The lowest BCUT2D eigenvalue weighted by Gasteiger charge is -2.07. The molecule has 3 heteroatoms. The molecule has 0 N–H and O–H groups in total. The van der Waals surface area contributed by atoms with E-state index in [1.54, 1.807) is 0 Å². The van der Waals surface area contributed by atoms with Crippen LogP contribution >= 0.6 is 0 Å². The fourth-order valence-corrected chi connectivity index (χ4v) is 2.84. The van der Waals surface area contributed by atoms with E-state index in [1.807, 2.05) is 0 Å². The molecule has 0 aromatic carbocycles. The predicted molar refractivity (Wildman–Crippen MR) is 112 cm³/mol. The second kappa shape index (κ2) is 20.3. The van der Waals surface area contributed by atoms with Crippen LogP contribution in [0.3, 0.4) is 0 Å². The maximum atomic E-state index is 11.4. The molecule has 0 rings (SSSR count). The molecule has 0 aliphatic rings. The Balaban J connectivity index is 3.19. The first-order chi connectivity index (χ1) is 12.7. The van der Waals surface area contributed by atoms with Gasteiger partial charge in [0, 0.05) is 0 Å². The van der Waals surface area contributed by atoms with Gasteiger partial charge in [-0.2, -0.15) is 0 Å². The predicted octanol–water partition coefficient (Wildman–Crippen LogP) is 7.83. The maximum Gasteiger partial charge on any atom is 0.508 e. The molecule has 0 aliphatic heterocycles. The molecular weight excluding hydrogens is 324 g/mol. The minimum atomic E-state index is -0.504. The van der Waals surface area contributed by atoms with E-state index >= 15 is 0 Å². The highest BCUT2D eigenvalue weighted by molar-refractivity contribution is 5.59. The van der Waals surface area contributed by atoms with E-state index in [2.05, 4.69) is 32.9 Å². The van der Waals surface area contributed by atoms with Crippen molar-refractivity contribution in [2.24, 2.45) is 5.92 Å². The zero-order chi connectivity index (χ0) is 19.3. The van der Waals surface area contributed by atoms with E-state index < -0.39 is 6.16 Å². The smallest absolute Gasteiger partial charge is 0.434 e. The van der Waals surface area contributed by atoms with Crippen molar-refractivity contribution in [1.29, 1.82) is 0 Å². The third kappa shape index (κ3) is 21.1. The van der Waals surface area contributed by atoms with Gasteiger partial charge in [0.15, 0.2) is 0 Å². The molecule has 0 aliphatic carbocycles. The summed E-state index contributed by atoms with van der Waals surface area (Å²) < 4.78 is 10.1. The average Bonchev–Trinajstić information content (AvgIpc) is 2.62. The third-order valence-electron chi connectivity index (χ3n) is 4.52. The lowest BCUT2D eigenvalue weighted by Crippen LogP contribution is -2.09. The largest absolute Gasteiger partial charge is 0.508 e. The number of unbranched alkanes of at least 4 members (excludes halogenated alkanes) is 10. The molecule has 26 heavy (non-hydrogen) atoms. The van der Waals surface area contributed by atoms with Crippen LogP contribution in [0.2, 0.25) is 0 Å². The van der Waals surface area contributed by atoms with E-state index in [9.17, 15) is 4.79 Å². The maximum absolute atomic E-state index is 11.4. The summed E-state index contributed by atoms with van der Waals surface area (Å²) >= 11 is 0. The fourth-order valence-electron chi connectivity index (χ4n) is 2.84. The van der Waals surface area contributed by atoms with Gasteiger partial charge in [-0.15, -0.1) is 0 Å². The average molecular weight is 369 g/mol. The summed E-state index contributed by atoms with van der Waals surface area (Å²) in [6, 6.07) is 0. The van der Waals surface area contributed by atoms with Crippen molar-refractivity contribution in [2.45, 2.75) is 111 Å². The molecule has 0 amide bonds. The van der Waals surface area contributed by atoms with E-state index in [-0.39, 0.29) is 0 Å². The van der Waals surface area contributed by atoms with Crippen LogP contribution in [0.1, 0.15) is 111 Å². The molecule has 0 aromatic rings. The minimum absolute atomic E-state index is 0.476. The summed E-state index contributed by atoms with van der Waals surface area (Å²) in [5.74, 6) is 0.654. The normalized spacial score (nSPS) is 11.4. The van der Waals surface area contributed by atoms with E-state index in [1.165, 1.54) is 64.2 Å². The molecule has 0 heterocycles. The quantitative estimate of drug-likeness (QED) is 0.140. The number of carbonyl (C=O) groups is 1. The van der Waals surface area contributed by atoms with Crippen molar-refractivity contribution in [1.82, 2.24) is 0 Å². The summed E-state index contributed by atoms with van der Waals surface area (Å²) in [7, 11) is 0. The molecule has 0 saturated heterocycles. The molecule has 0 aromatic heterocycles. The Morgan fingerprint density at radius 1 is 0.731 bits per heavy atom. The molecule has 0 radical (unpaired) electrons. The third-order valence-corrected chi connectivity index (χ3v) is 4.52. The first kappa shape index (κ1) is 25.0. The second-order valence-electron chi connectivity index (χ2n) is 7.71. The lowest BCUT2D eigenvalue weighted by molar-refractivity contribution is 0.0524. The van der Waals surface area contributed by atoms with Crippen LogP contribution < -0.4 is 0 Å². The van der Waals surface area contributed by atoms with Gasteiger partial charge in [0.05, 0.1) is 13.2 Å². The molecule has 154 valence electrons. The highest BCUT2D eigenvalue weighted by atomic mass is 16.7. The number of rotatable bonds is 18. The molecule has 0 fully saturated rings. The Morgan fingerprint density at radius 2 is 1.23 bits per heavy atom. The van der Waals surface area contributed by atoms with Crippen LogP contribution in [0.4, 0.5) is 4.79 Å². The standard InChI is InChI=1S/C23H44O3/c1-4-5-6-7-8-9-10-11-12-13-14-15-16-17-20-25-23(24)26-21-18-19-22(2)3/h9-10,22H,4-8,11-21H2,1-3H3/b10-9-. The number of carbonyl (C=O) groups excluding carboxylic acids is 1. The molecule has 0 saturated carbocycles. The highest BCUT2D eigenvalue weighted by Crippen LogP contribution is 2.09. The van der Waals surface area contributed by atoms with Gasteiger partial charge in [0.1, 0.15) is 0 Å². The zero-order valence-corrected chi connectivity index (χ0v) is 17.8. The summed E-state index contributed by atoms with van der Waals surface area (Å²) in [6.45, 7) is 7.57. The SMILES string of the molecule is CCCCCC/C=C\CCCCCCCCOC(=O)OCCCC(C)C. The Kier molecular flexibility index (Phi) is 19.5. The number of hydrogen-bond acceptors (Lipinski definition) is 3. The van der Waals surface area contributed by atoms with Crippen LogP contribution in [0, 0.1) is 5.92 Å². The first-order valence-corrected chi connectivity index (χ1v) is 11.1. The molecule has 0 spiro atoms. The van der Waals surface area contributed by atoms with E-state index in [0.29, 0.717) is 19.1 Å². The van der Waals surface area contributed by atoms with Crippen LogP contribution in [0.25, 0.3) is 0 Å². The summed E-state index contributed by atoms with van der Waals surface area (Å²) in [4.78, 5) is 11.4. The zero-order valence-electron chi connectivity index (χ0n) is 17.8. The number of ether oxygens (including phenoxy) is 2. The van der Waals surface area contributed by atoms with Crippen molar-refractivity contribution in [3.05, 3.63) is 12.2 Å². The van der Waals surface area contributed by atoms with Crippen molar-refractivity contribution >= 4 is 6.16 Å². The summed E-state index contributed by atoms with van der Waals surface area (Å²) in [5, 5.41) is 0. The monoisotopic (exact) mass is 368 g/mol. The van der Waals surface area contributed by atoms with Crippen LogP contribution in [-0.4, -0.2) is 19.4 Å². The van der Waals surface area contributed by atoms with Crippen LogP contribution in [0.15, 0.2) is 12.2 Å². The molecular formula is C23H44O3. The van der Waals surface area contributed by atoms with Gasteiger partial charge in [-0.3, -0.25) is 0 Å². The molecule has 0 unspecified atom stereocenters. The number of hydrogen-bond donors (Lipinski definition) is 0. The van der Waals surface area contributed by atoms with Crippen molar-refractivity contribution < 1.29 is 14.3 Å². The molecule has 3 nitrogen and oxygen atoms in total. The summed E-state index contributed by atoms with van der Waals surface area (Å²) in [6.07, 6.45) is 21.3. The Morgan fingerprint density at radius 3 is 1.81 bits per heavy atom. The van der Waals surface area contributed by atoms with Gasteiger partial charge in [-0.05, 0) is 50.9 Å². The Bertz CT molecular complexity index is 323. The van der Waals surface area contributed by atoms with Crippen LogP contribution in [-0.2, 0) is 9.47 Å². The van der Waals surface area contributed by atoms with Gasteiger partial charge in [-0.1, -0.05) is 77.9 Å². The van der Waals surface area contributed by atoms with Crippen molar-refractivity contribution in [2.75, 3.05) is 13.2 Å². The molecule has 0 atom stereocenters. The fraction of sp³-hybridized carbons (Fsp3) is 0.870. The number of allylic oxidation sites excluding steroid dienone is 2. The Hall–Kier alpha value is -0.990. The first-order valence-electron chi connectivity index (χ1n) is 11.1. The molecule has 0 bridgehead atoms. The summed E-state index contributed by atoms with van der Waals surface area (Å²) in [5.41, 5.74) is 0. The minimum Gasteiger partial charge on any atom is -0.434 e. The van der Waals surface area contributed by atoms with Crippen LogP contribution in [0.5, 0.6) is 0 Å². The van der Waals surface area contributed by atoms with E-state index in [0.717, 1.165) is 25.7 Å².